The van der Waals surface area contributed by atoms with E-state index in [0.29, 0.717) is 0 Å². The Kier molecular flexibility index (Phi) is 5.44. The maximum absolute atomic E-state index is 11.9. The van der Waals surface area contributed by atoms with Crippen molar-refractivity contribution in [2.45, 2.75) is 19.4 Å². The van der Waals surface area contributed by atoms with Gasteiger partial charge in [-0.2, -0.15) is 0 Å². The van der Waals surface area contributed by atoms with Gasteiger partial charge in [-0.05, 0) is 46.1 Å². The number of hydrogen-bond acceptors (Lipinski definition) is 4. The van der Waals surface area contributed by atoms with E-state index in [2.05, 4.69) is 10.3 Å². The molecule has 0 aromatic carbocycles. The molecule has 0 fully saturated rings. The molecule has 1 heterocycles. The summed E-state index contributed by atoms with van der Waals surface area (Å²) in [6.07, 6.45) is 0.817. The Bertz CT molecular complexity index is 460. The minimum Gasteiger partial charge on any atom is -0.477 e. The highest BCUT2D eigenvalue weighted by atomic mass is 16.4. The second-order valence-electron chi connectivity index (χ2n) is 4.68. The summed E-state index contributed by atoms with van der Waals surface area (Å²) < 4.78 is 0. The summed E-state index contributed by atoms with van der Waals surface area (Å²) in [4.78, 5) is 28.5. The van der Waals surface area contributed by atoms with Gasteiger partial charge < -0.3 is 15.3 Å². The lowest BCUT2D eigenvalue weighted by atomic mass is 10.2. The number of carboxylic acids is 1. The number of carbonyl (C=O) groups excluding carboxylic acids is 1. The van der Waals surface area contributed by atoms with Crippen LogP contribution < -0.4 is 5.32 Å². The minimum atomic E-state index is -1.14. The molecule has 104 valence electrons. The monoisotopic (exact) mass is 265 g/mol. The largest absolute Gasteiger partial charge is 0.477 e. The van der Waals surface area contributed by atoms with Gasteiger partial charge in [0.1, 0.15) is 11.4 Å². The van der Waals surface area contributed by atoms with Gasteiger partial charge in [0, 0.05) is 6.04 Å². The summed E-state index contributed by atoms with van der Waals surface area (Å²) in [6, 6.07) is 4.37. The first kappa shape index (κ1) is 15.1. The van der Waals surface area contributed by atoms with E-state index in [9.17, 15) is 9.59 Å². The molecule has 1 aromatic rings. The molecule has 0 radical (unpaired) electrons. The Balaban J connectivity index is 2.62. The Morgan fingerprint density at radius 1 is 1.37 bits per heavy atom. The van der Waals surface area contributed by atoms with E-state index in [1.807, 2.05) is 25.9 Å². The smallest absolute Gasteiger partial charge is 0.354 e. The first-order valence-electron chi connectivity index (χ1n) is 6.06. The predicted molar refractivity (Wildman–Crippen MR) is 71.3 cm³/mol. The van der Waals surface area contributed by atoms with Gasteiger partial charge >= 0.3 is 5.97 Å². The maximum atomic E-state index is 11.9. The Labute approximate surface area is 112 Å². The number of aromatic nitrogens is 1. The molecule has 1 rings (SSSR count). The fraction of sp³-hybridized carbons (Fsp3) is 0.462. The van der Waals surface area contributed by atoms with Gasteiger partial charge in [0.15, 0.2) is 0 Å². The molecule has 0 saturated carbocycles. The number of carbonyl (C=O) groups is 2. The summed E-state index contributed by atoms with van der Waals surface area (Å²) in [5.41, 5.74) is -0.00908. The molecule has 0 aliphatic rings. The van der Waals surface area contributed by atoms with Gasteiger partial charge in [0.05, 0.1) is 0 Å². The van der Waals surface area contributed by atoms with Crippen LogP contribution in [0.15, 0.2) is 18.2 Å². The highest BCUT2D eigenvalue weighted by Gasteiger charge is 2.13. The van der Waals surface area contributed by atoms with Gasteiger partial charge in [0.2, 0.25) is 0 Å². The van der Waals surface area contributed by atoms with Crippen molar-refractivity contribution in [1.29, 1.82) is 0 Å². The first-order valence-corrected chi connectivity index (χ1v) is 6.06. The van der Waals surface area contributed by atoms with Gasteiger partial charge in [0.25, 0.3) is 5.91 Å². The molecule has 1 aromatic heterocycles. The zero-order valence-electron chi connectivity index (χ0n) is 11.4. The highest BCUT2D eigenvalue weighted by molar-refractivity contribution is 5.94. The molecule has 19 heavy (non-hydrogen) atoms. The van der Waals surface area contributed by atoms with E-state index in [0.717, 1.165) is 13.0 Å². The number of pyridine rings is 1. The van der Waals surface area contributed by atoms with Gasteiger partial charge in [-0.3, -0.25) is 4.79 Å². The van der Waals surface area contributed by atoms with E-state index >= 15 is 0 Å². The molecule has 0 aliphatic carbocycles. The normalized spacial score (nSPS) is 12.2. The quantitative estimate of drug-likeness (QED) is 0.796. The zero-order valence-corrected chi connectivity index (χ0v) is 11.4. The van der Waals surface area contributed by atoms with Gasteiger partial charge in [-0.25, -0.2) is 9.78 Å². The molecule has 1 amide bonds. The minimum absolute atomic E-state index is 0.00480. The number of aromatic carboxylic acids is 1. The Morgan fingerprint density at radius 2 is 2.00 bits per heavy atom. The highest BCUT2D eigenvalue weighted by Crippen LogP contribution is 2.01. The summed E-state index contributed by atoms with van der Waals surface area (Å²) in [5, 5.41) is 11.6. The maximum Gasteiger partial charge on any atom is 0.354 e. The van der Waals surface area contributed by atoms with Crippen LogP contribution in [-0.2, 0) is 0 Å². The number of nitrogens with zero attached hydrogens (tertiary/aromatic N) is 2. The van der Waals surface area contributed by atoms with Gasteiger partial charge in [-0.1, -0.05) is 6.07 Å². The third-order valence-electron chi connectivity index (χ3n) is 2.59. The summed E-state index contributed by atoms with van der Waals surface area (Å²) in [7, 11) is 3.93. The molecule has 0 aliphatic heterocycles. The summed E-state index contributed by atoms with van der Waals surface area (Å²) >= 11 is 0. The van der Waals surface area contributed by atoms with Crippen LogP contribution in [0.5, 0.6) is 0 Å². The second-order valence-corrected chi connectivity index (χ2v) is 4.68. The van der Waals surface area contributed by atoms with Crippen molar-refractivity contribution in [2.75, 3.05) is 20.6 Å². The van der Waals surface area contributed by atoms with E-state index < -0.39 is 5.97 Å². The van der Waals surface area contributed by atoms with Crippen LogP contribution >= 0.6 is 0 Å². The summed E-state index contributed by atoms with van der Waals surface area (Å²) in [6.45, 7) is 2.77. The molecule has 0 bridgehead atoms. The van der Waals surface area contributed by atoms with Crippen LogP contribution in [0.4, 0.5) is 0 Å². The number of carboxylic acid groups (broad SMARTS) is 1. The van der Waals surface area contributed by atoms with Crippen molar-refractivity contribution in [2.24, 2.45) is 0 Å². The third-order valence-corrected chi connectivity index (χ3v) is 2.59. The van der Waals surface area contributed by atoms with Crippen LogP contribution in [0.2, 0.25) is 0 Å². The van der Waals surface area contributed by atoms with E-state index in [-0.39, 0.29) is 23.3 Å². The van der Waals surface area contributed by atoms with Crippen molar-refractivity contribution in [1.82, 2.24) is 15.2 Å². The topological polar surface area (TPSA) is 82.5 Å². The Morgan fingerprint density at radius 3 is 2.58 bits per heavy atom. The van der Waals surface area contributed by atoms with Crippen LogP contribution in [-0.4, -0.2) is 53.5 Å². The molecule has 1 unspecified atom stereocenters. The molecular weight excluding hydrogens is 246 g/mol. The van der Waals surface area contributed by atoms with Gasteiger partial charge in [-0.15, -0.1) is 0 Å². The van der Waals surface area contributed by atoms with Crippen molar-refractivity contribution in [3.8, 4) is 0 Å². The van der Waals surface area contributed by atoms with Crippen LogP contribution in [0, 0.1) is 0 Å². The molecular formula is C13H19N3O3. The van der Waals surface area contributed by atoms with Crippen molar-refractivity contribution < 1.29 is 14.7 Å². The average Bonchev–Trinajstić information content (AvgIpc) is 2.36. The lowest BCUT2D eigenvalue weighted by Gasteiger charge is -2.16. The molecule has 0 spiro atoms. The molecule has 6 heteroatoms. The number of hydrogen-bond donors (Lipinski definition) is 2. The lowest BCUT2D eigenvalue weighted by Crippen LogP contribution is -2.35. The van der Waals surface area contributed by atoms with Crippen LogP contribution in [0.1, 0.15) is 34.3 Å². The fourth-order valence-corrected chi connectivity index (χ4v) is 1.50. The molecule has 2 N–H and O–H groups in total. The predicted octanol–water partition coefficient (Wildman–Crippen LogP) is 0.850. The fourth-order valence-electron chi connectivity index (χ4n) is 1.50. The van der Waals surface area contributed by atoms with E-state index in [1.54, 1.807) is 0 Å². The third kappa shape index (κ3) is 5.05. The van der Waals surface area contributed by atoms with E-state index in [1.165, 1.54) is 18.2 Å². The first-order chi connectivity index (χ1) is 8.90. The standard InChI is InChI=1S/C13H19N3O3/c1-9(7-8-16(2)3)14-12(17)10-5-4-6-11(15-10)13(18)19/h4-6,9H,7-8H2,1-3H3,(H,14,17)(H,18,19). The molecule has 6 nitrogen and oxygen atoms in total. The van der Waals surface area contributed by atoms with Crippen LogP contribution in [0.3, 0.4) is 0 Å². The average molecular weight is 265 g/mol. The number of nitrogens with one attached hydrogen (secondary N) is 1. The van der Waals surface area contributed by atoms with Crippen molar-refractivity contribution in [3.63, 3.8) is 0 Å². The second kappa shape index (κ2) is 6.84. The summed E-state index contributed by atoms with van der Waals surface area (Å²) in [5.74, 6) is -1.50. The zero-order chi connectivity index (χ0) is 14.4. The van der Waals surface area contributed by atoms with Crippen molar-refractivity contribution >= 4 is 11.9 Å². The SMILES string of the molecule is CC(CCN(C)C)NC(=O)c1cccc(C(=O)O)n1. The Hall–Kier alpha value is -1.95. The number of rotatable bonds is 6. The molecule has 0 saturated heterocycles. The van der Waals surface area contributed by atoms with Crippen molar-refractivity contribution in [3.05, 3.63) is 29.6 Å². The molecule has 1 atom stereocenters. The van der Waals surface area contributed by atoms with E-state index in [4.69, 9.17) is 5.11 Å². The number of amides is 1. The lowest BCUT2D eigenvalue weighted by molar-refractivity contribution is 0.0690. The van der Waals surface area contributed by atoms with Crippen LogP contribution in [0.25, 0.3) is 0 Å².